The summed E-state index contributed by atoms with van der Waals surface area (Å²) >= 11 is 0. The molecule has 0 saturated heterocycles. The fourth-order valence-electron chi connectivity index (χ4n) is 2.15. The maximum atomic E-state index is 13.2. The van der Waals surface area contributed by atoms with E-state index in [9.17, 15) is 9.18 Å². The van der Waals surface area contributed by atoms with Gasteiger partial charge in [-0.3, -0.25) is 4.79 Å². The molecule has 3 heteroatoms. The number of aryl methyl sites for hydroxylation is 1. The van der Waals surface area contributed by atoms with Crippen LogP contribution in [0.25, 0.3) is 0 Å². The van der Waals surface area contributed by atoms with E-state index in [0.717, 1.165) is 6.42 Å². The third-order valence-corrected chi connectivity index (χ3v) is 3.60. The molecule has 0 fully saturated rings. The standard InChI is InChI=1S/C17H26FNO/c1-5-6-7-10-17(3,4)12-19-16(20)14-8-9-15(18)13(2)11-14/h8-9,11H,5-7,10,12H2,1-4H3,(H,19,20). The number of halogens is 1. The van der Waals surface area contributed by atoms with Crippen LogP contribution in [0.4, 0.5) is 4.39 Å². The van der Waals surface area contributed by atoms with Gasteiger partial charge in [-0.05, 0) is 42.5 Å². The second-order valence-electron chi connectivity index (χ2n) is 6.27. The molecule has 0 aliphatic rings. The predicted octanol–water partition coefficient (Wildman–Crippen LogP) is 4.47. The van der Waals surface area contributed by atoms with Gasteiger partial charge < -0.3 is 5.32 Å². The van der Waals surface area contributed by atoms with Gasteiger partial charge in [-0.2, -0.15) is 0 Å². The first-order valence-electron chi connectivity index (χ1n) is 7.40. The molecule has 112 valence electrons. The van der Waals surface area contributed by atoms with E-state index in [-0.39, 0.29) is 17.1 Å². The topological polar surface area (TPSA) is 29.1 Å². The van der Waals surface area contributed by atoms with Crippen molar-refractivity contribution in [2.45, 2.75) is 53.4 Å². The molecule has 0 aliphatic heterocycles. The molecule has 1 aromatic carbocycles. The van der Waals surface area contributed by atoms with Crippen molar-refractivity contribution >= 4 is 5.91 Å². The summed E-state index contributed by atoms with van der Waals surface area (Å²) in [7, 11) is 0. The fraction of sp³-hybridized carbons (Fsp3) is 0.588. The lowest BCUT2D eigenvalue weighted by molar-refractivity contribution is 0.0934. The van der Waals surface area contributed by atoms with Gasteiger partial charge in [-0.15, -0.1) is 0 Å². The number of benzene rings is 1. The van der Waals surface area contributed by atoms with Crippen LogP contribution in [0.15, 0.2) is 18.2 Å². The fourth-order valence-corrected chi connectivity index (χ4v) is 2.15. The smallest absolute Gasteiger partial charge is 0.251 e. The second kappa shape index (κ2) is 7.41. The third kappa shape index (κ3) is 5.32. The van der Waals surface area contributed by atoms with E-state index in [1.54, 1.807) is 13.0 Å². The van der Waals surface area contributed by atoms with E-state index in [1.165, 1.54) is 31.4 Å². The van der Waals surface area contributed by atoms with Crippen LogP contribution < -0.4 is 5.32 Å². The highest BCUT2D eigenvalue weighted by atomic mass is 19.1. The molecular weight excluding hydrogens is 253 g/mol. The maximum absolute atomic E-state index is 13.2. The molecule has 0 aromatic heterocycles. The van der Waals surface area contributed by atoms with Gasteiger partial charge in [0.1, 0.15) is 5.82 Å². The van der Waals surface area contributed by atoms with Crippen molar-refractivity contribution in [1.82, 2.24) is 5.32 Å². The van der Waals surface area contributed by atoms with Crippen LogP contribution >= 0.6 is 0 Å². The van der Waals surface area contributed by atoms with Gasteiger partial charge in [0.2, 0.25) is 0 Å². The van der Waals surface area contributed by atoms with Crippen LogP contribution in [0.1, 0.15) is 62.4 Å². The molecule has 1 rings (SSSR count). The van der Waals surface area contributed by atoms with Gasteiger partial charge in [-0.25, -0.2) is 4.39 Å². The Morgan fingerprint density at radius 3 is 2.60 bits per heavy atom. The van der Waals surface area contributed by atoms with E-state index in [4.69, 9.17) is 0 Å². The van der Waals surface area contributed by atoms with E-state index >= 15 is 0 Å². The Balaban J connectivity index is 2.51. The van der Waals surface area contributed by atoms with Gasteiger partial charge >= 0.3 is 0 Å². The quantitative estimate of drug-likeness (QED) is 0.733. The number of carbonyl (C=O) groups is 1. The van der Waals surface area contributed by atoms with Gasteiger partial charge in [0, 0.05) is 12.1 Å². The lowest BCUT2D eigenvalue weighted by atomic mass is 9.87. The molecule has 1 amide bonds. The Morgan fingerprint density at radius 2 is 2.00 bits per heavy atom. The Labute approximate surface area is 121 Å². The van der Waals surface area contributed by atoms with Crippen molar-refractivity contribution in [2.75, 3.05) is 6.54 Å². The molecule has 2 nitrogen and oxygen atoms in total. The first kappa shape index (κ1) is 16.7. The van der Waals surface area contributed by atoms with Crippen molar-refractivity contribution in [3.63, 3.8) is 0 Å². The minimum Gasteiger partial charge on any atom is -0.352 e. The Hall–Kier alpha value is -1.38. The SMILES string of the molecule is CCCCCC(C)(C)CNC(=O)c1ccc(F)c(C)c1. The van der Waals surface area contributed by atoms with E-state index in [2.05, 4.69) is 26.1 Å². The van der Waals surface area contributed by atoms with Crippen molar-refractivity contribution < 1.29 is 9.18 Å². The number of amides is 1. The normalized spacial score (nSPS) is 11.4. The molecule has 0 saturated carbocycles. The summed E-state index contributed by atoms with van der Waals surface area (Å²) in [6.45, 7) is 8.83. The Kier molecular flexibility index (Phi) is 6.18. The van der Waals surface area contributed by atoms with Crippen LogP contribution in [0.5, 0.6) is 0 Å². The molecule has 0 heterocycles. The number of hydrogen-bond acceptors (Lipinski definition) is 1. The van der Waals surface area contributed by atoms with Crippen LogP contribution in [0.3, 0.4) is 0 Å². The predicted molar refractivity (Wildman–Crippen MR) is 81.4 cm³/mol. The monoisotopic (exact) mass is 279 g/mol. The van der Waals surface area contributed by atoms with Gasteiger partial charge in [0.25, 0.3) is 5.91 Å². The summed E-state index contributed by atoms with van der Waals surface area (Å²) in [5.74, 6) is -0.405. The zero-order valence-corrected chi connectivity index (χ0v) is 13.1. The number of carbonyl (C=O) groups excluding carboxylic acids is 1. The summed E-state index contributed by atoms with van der Waals surface area (Å²) in [4.78, 5) is 12.1. The number of unbranched alkanes of at least 4 members (excludes halogenated alkanes) is 2. The molecule has 0 radical (unpaired) electrons. The van der Waals surface area contributed by atoms with Crippen LogP contribution in [-0.4, -0.2) is 12.5 Å². The summed E-state index contributed by atoms with van der Waals surface area (Å²) < 4.78 is 13.2. The molecule has 20 heavy (non-hydrogen) atoms. The highest BCUT2D eigenvalue weighted by molar-refractivity contribution is 5.94. The van der Waals surface area contributed by atoms with Gasteiger partial charge in [0.05, 0.1) is 0 Å². The molecule has 1 N–H and O–H groups in total. The van der Waals surface area contributed by atoms with Crippen LogP contribution in [0.2, 0.25) is 0 Å². The number of nitrogens with one attached hydrogen (secondary N) is 1. The molecule has 0 aliphatic carbocycles. The molecule has 0 bridgehead atoms. The van der Waals surface area contributed by atoms with E-state index in [1.807, 2.05) is 0 Å². The zero-order valence-electron chi connectivity index (χ0n) is 13.1. The van der Waals surface area contributed by atoms with Crippen molar-refractivity contribution in [3.05, 3.63) is 35.1 Å². The lowest BCUT2D eigenvalue weighted by Gasteiger charge is -2.25. The van der Waals surface area contributed by atoms with Crippen LogP contribution in [-0.2, 0) is 0 Å². The Bertz CT molecular complexity index is 454. The molecule has 1 aromatic rings. The molecular formula is C17H26FNO. The van der Waals surface area contributed by atoms with E-state index < -0.39 is 0 Å². The van der Waals surface area contributed by atoms with Crippen molar-refractivity contribution in [3.8, 4) is 0 Å². The first-order chi connectivity index (χ1) is 9.35. The highest BCUT2D eigenvalue weighted by Gasteiger charge is 2.18. The zero-order chi connectivity index (χ0) is 15.2. The first-order valence-corrected chi connectivity index (χ1v) is 7.40. The lowest BCUT2D eigenvalue weighted by Crippen LogP contribution is -2.34. The number of hydrogen-bond donors (Lipinski definition) is 1. The van der Waals surface area contributed by atoms with Crippen LogP contribution in [0, 0.1) is 18.2 Å². The van der Waals surface area contributed by atoms with Crippen molar-refractivity contribution in [1.29, 1.82) is 0 Å². The Morgan fingerprint density at radius 1 is 1.30 bits per heavy atom. The van der Waals surface area contributed by atoms with Gasteiger partial charge in [0.15, 0.2) is 0 Å². The highest BCUT2D eigenvalue weighted by Crippen LogP contribution is 2.22. The third-order valence-electron chi connectivity index (χ3n) is 3.60. The second-order valence-corrected chi connectivity index (χ2v) is 6.27. The largest absolute Gasteiger partial charge is 0.352 e. The minimum absolute atomic E-state index is 0.0971. The summed E-state index contributed by atoms with van der Waals surface area (Å²) in [6, 6.07) is 4.47. The van der Waals surface area contributed by atoms with E-state index in [0.29, 0.717) is 17.7 Å². The average molecular weight is 279 g/mol. The summed E-state index contributed by atoms with van der Waals surface area (Å²) in [5.41, 5.74) is 1.12. The minimum atomic E-state index is -0.276. The maximum Gasteiger partial charge on any atom is 0.251 e. The van der Waals surface area contributed by atoms with Gasteiger partial charge in [-0.1, -0.05) is 40.0 Å². The summed E-state index contributed by atoms with van der Waals surface area (Å²) in [5, 5.41) is 2.95. The molecule has 0 atom stereocenters. The average Bonchev–Trinajstić information content (AvgIpc) is 2.39. The molecule has 0 unspecified atom stereocenters. The summed E-state index contributed by atoms with van der Waals surface area (Å²) in [6.07, 6.45) is 4.73. The number of rotatable bonds is 7. The molecule has 0 spiro atoms. The van der Waals surface area contributed by atoms with Crippen molar-refractivity contribution in [2.24, 2.45) is 5.41 Å².